The van der Waals surface area contributed by atoms with Gasteiger partial charge in [-0.3, -0.25) is 0 Å². The SMILES string of the molecule is CCO.CCO.O.O.O. The van der Waals surface area contributed by atoms with Gasteiger partial charge in [-0.2, -0.15) is 0 Å². The molecule has 0 aromatic rings. The van der Waals surface area contributed by atoms with E-state index in [-0.39, 0.29) is 29.6 Å². The van der Waals surface area contributed by atoms with Crippen molar-refractivity contribution < 1.29 is 26.6 Å². The van der Waals surface area contributed by atoms with Gasteiger partial charge in [-0.25, -0.2) is 0 Å². The summed E-state index contributed by atoms with van der Waals surface area (Å²) in [4.78, 5) is 0. The van der Waals surface area contributed by atoms with Crippen LogP contribution in [0.4, 0.5) is 0 Å². The first-order valence-electron chi connectivity index (χ1n) is 2.05. The van der Waals surface area contributed by atoms with Gasteiger partial charge in [0.1, 0.15) is 0 Å². The second-order valence-corrected chi connectivity index (χ2v) is 0.632. The third-order valence-corrected chi connectivity index (χ3v) is 0. The Balaban J connectivity index is -0.00000000889. The van der Waals surface area contributed by atoms with E-state index < -0.39 is 0 Å². The van der Waals surface area contributed by atoms with Gasteiger partial charge in [0.25, 0.3) is 0 Å². The standard InChI is InChI=1S/2C2H6O.3H2O/c2*1-2-3;;;/h2*3H,2H2,1H3;3*1H2. The monoisotopic (exact) mass is 146 g/mol. The van der Waals surface area contributed by atoms with E-state index >= 15 is 0 Å². The molecule has 0 aromatic heterocycles. The molecule has 64 valence electrons. The Morgan fingerprint density at radius 2 is 0.778 bits per heavy atom. The highest BCUT2D eigenvalue weighted by Gasteiger charge is 1.34. The third-order valence-electron chi connectivity index (χ3n) is 0. The molecule has 0 heterocycles. The zero-order valence-corrected chi connectivity index (χ0v) is 5.81. The Labute approximate surface area is 54.9 Å². The number of hydrogen-bond acceptors (Lipinski definition) is 2. The van der Waals surface area contributed by atoms with Crippen LogP contribution in [0, 0.1) is 0 Å². The molecule has 0 radical (unpaired) electrons. The number of hydrogen-bond donors (Lipinski definition) is 2. The molecule has 0 fully saturated rings. The highest BCUT2D eigenvalue weighted by molar-refractivity contribution is 3.84. The van der Waals surface area contributed by atoms with Crippen LogP contribution in [0.3, 0.4) is 0 Å². The number of aliphatic hydroxyl groups is 2. The van der Waals surface area contributed by atoms with Gasteiger partial charge < -0.3 is 26.6 Å². The molecule has 0 aromatic carbocycles. The van der Waals surface area contributed by atoms with E-state index in [4.69, 9.17) is 10.2 Å². The number of rotatable bonds is 0. The third kappa shape index (κ3) is 6560. The summed E-state index contributed by atoms with van der Waals surface area (Å²) < 4.78 is 0. The predicted octanol–water partition coefficient (Wildman–Crippen LogP) is -2.48. The maximum absolute atomic E-state index is 7.57. The molecule has 0 aliphatic carbocycles. The molecule has 5 heteroatoms. The van der Waals surface area contributed by atoms with Crippen LogP contribution in [-0.2, 0) is 0 Å². The summed E-state index contributed by atoms with van der Waals surface area (Å²) >= 11 is 0. The minimum absolute atomic E-state index is 0. The molecular weight excluding hydrogens is 128 g/mol. The average molecular weight is 146 g/mol. The van der Waals surface area contributed by atoms with Crippen LogP contribution >= 0.6 is 0 Å². The van der Waals surface area contributed by atoms with Gasteiger partial charge in [0.05, 0.1) is 0 Å². The fraction of sp³-hybridized carbons (Fsp3) is 1.00. The van der Waals surface area contributed by atoms with Crippen molar-refractivity contribution in [2.45, 2.75) is 13.8 Å². The Kier molecular flexibility index (Phi) is 459. The first kappa shape index (κ1) is 37.1. The van der Waals surface area contributed by atoms with Crippen molar-refractivity contribution in [1.29, 1.82) is 0 Å². The van der Waals surface area contributed by atoms with Crippen LogP contribution in [0.1, 0.15) is 13.8 Å². The van der Waals surface area contributed by atoms with Crippen LogP contribution in [0.5, 0.6) is 0 Å². The first-order valence-corrected chi connectivity index (χ1v) is 2.05. The normalized spacial score (nSPS) is 4.00. The maximum Gasteiger partial charge on any atom is 0.0402 e. The van der Waals surface area contributed by atoms with Crippen LogP contribution < -0.4 is 0 Å². The second-order valence-electron chi connectivity index (χ2n) is 0.632. The van der Waals surface area contributed by atoms with E-state index in [2.05, 4.69) is 0 Å². The van der Waals surface area contributed by atoms with Gasteiger partial charge in [-0.1, -0.05) is 0 Å². The molecule has 0 saturated heterocycles. The molecule has 8 N–H and O–H groups in total. The predicted molar refractivity (Wildman–Crippen MR) is 36.4 cm³/mol. The Morgan fingerprint density at radius 1 is 0.778 bits per heavy atom. The average Bonchev–Trinajstić information content (AvgIpc) is 1.39. The minimum atomic E-state index is 0. The summed E-state index contributed by atoms with van der Waals surface area (Å²) in [5.41, 5.74) is 0. The molecule has 0 unspecified atom stereocenters. The summed E-state index contributed by atoms with van der Waals surface area (Å²) in [6.45, 7) is 3.86. The van der Waals surface area contributed by atoms with Crippen LogP contribution in [0.25, 0.3) is 0 Å². The zero-order chi connectivity index (χ0) is 5.41. The van der Waals surface area contributed by atoms with Gasteiger partial charge in [0, 0.05) is 13.2 Å². The molecule has 0 bridgehead atoms. The lowest BCUT2D eigenvalue weighted by molar-refractivity contribution is 0.318. The van der Waals surface area contributed by atoms with Crippen LogP contribution in [0.2, 0.25) is 0 Å². The zero-order valence-electron chi connectivity index (χ0n) is 5.81. The van der Waals surface area contributed by atoms with E-state index in [1.165, 1.54) is 0 Å². The van der Waals surface area contributed by atoms with Crippen molar-refractivity contribution in [2.24, 2.45) is 0 Å². The Hall–Kier alpha value is -0.200. The topological polar surface area (TPSA) is 135 Å². The molecular formula is C4H18O5. The van der Waals surface area contributed by atoms with E-state index in [0.717, 1.165) is 0 Å². The van der Waals surface area contributed by atoms with Crippen molar-refractivity contribution in [3.05, 3.63) is 0 Å². The molecule has 5 nitrogen and oxygen atoms in total. The van der Waals surface area contributed by atoms with Crippen LogP contribution in [0.15, 0.2) is 0 Å². The van der Waals surface area contributed by atoms with E-state index in [1.807, 2.05) is 0 Å². The first-order chi connectivity index (χ1) is 2.83. The van der Waals surface area contributed by atoms with Gasteiger partial charge >= 0.3 is 0 Å². The lowest BCUT2D eigenvalue weighted by atomic mass is 10.9. The number of aliphatic hydroxyl groups excluding tert-OH is 2. The molecule has 0 rings (SSSR count). The molecule has 9 heavy (non-hydrogen) atoms. The van der Waals surface area contributed by atoms with Gasteiger partial charge in [0.2, 0.25) is 0 Å². The molecule has 0 saturated carbocycles. The quantitative estimate of drug-likeness (QED) is 0.391. The van der Waals surface area contributed by atoms with Crippen molar-refractivity contribution in [1.82, 2.24) is 0 Å². The van der Waals surface area contributed by atoms with E-state index in [9.17, 15) is 0 Å². The summed E-state index contributed by atoms with van der Waals surface area (Å²) in [6.07, 6.45) is 0. The fourth-order valence-corrected chi connectivity index (χ4v) is 0. The summed E-state index contributed by atoms with van der Waals surface area (Å²) in [5, 5.41) is 15.1. The lowest BCUT2D eigenvalue weighted by Crippen LogP contribution is -1.57. The Bertz CT molecular complexity index is 10.9. The fourth-order valence-electron chi connectivity index (χ4n) is 0. The molecule has 0 amide bonds. The summed E-state index contributed by atoms with van der Waals surface area (Å²) in [5.74, 6) is 0. The Morgan fingerprint density at radius 3 is 0.778 bits per heavy atom. The van der Waals surface area contributed by atoms with Crippen molar-refractivity contribution in [2.75, 3.05) is 13.2 Å². The minimum Gasteiger partial charge on any atom is -0.412 e. The van der Waals surface area contributed by atoms with Crippen LogP contribution in [-0.4, -0.2) is 39.9 Å². The summed E-state index contributed by atoms with van der Waals surface area (Å²) in [6, 6.07) is 0. The van der Waals surface area contributed by atoms with E-state index in [0.29, 0.717) is 0 Å². The van der Waals surface area contributed by atoms with Gasteiger partial charge in [0.15, 0.2) is 0 Å². The second kappa shape index (κ2) is 111. The van der Waals surface area contributed by atoms with Crippen molar-refractivity contribution in [3.8, 4) is 0 Å². The molecule has 0 aliphatic rings. The van der Waals surface area contributed by atoms with Gasteiger partial charge in [-0.15, -0.1) is 0 Å². The highest BCUT2D eigenvalue weighted by atomic mass is 16.3. The molecule has 0 spiro atoms. The van der Waals surface area contributed by atoms with Crippen molar-refractivity contribution >= 4 is 0 Å². The molecule has 0 aliphatic heterocycles. The summed E-state index contributed by atoms with van der Waals surface area (Å²) in [7, 11) is 0. The maximum atomic E-state index is 7.57. The smallest absolute Gasteiger partial charge is 0.0402 e. The highest BCUT2D eigenvalue weighted by Crippen LogP contribution is 1.30. The van der Waals surface area contributed by atoms with Gasteiger partial charge in [-0.05, 0) is 13.8 Å². The van der Waals surface area contributed by atoms with E-state index in [1.54, 1.807) is 13.8 Å². The largest absolute Gasteiger partial charge is 0.412 e. The van der Waals surface area contributed by atoms with Crippen molar-refractivity contribution in [3.63, 3.8) is 0 Å². The molecule has 0 atom stereocenters. The lowest BCUT2D eigenvalue weighted by Gasteiger charge is -1.52.